The molecule has 0 unspecified atom stereocenters. The van der Waals surface area contributed by atoms with Crippen molar-refractivity contribution in [3.8, 4) is 0 Å². The second kappa shape index (κ2) is 5.42. The summed E-state index contributed by atoms with van der Waals surface area (Å²) in [6.07, 6.45) is 0. The minimum absolute atomic E-state index is 0.0374. The van der Waals surface area contributed by atoms with Crippen LogP contribution in [0.2, 0.25) is 0 Å². The average Bonchev–Trinajstić information content (AvgIpc) is 3.05. The molecule has 104 valence electrons. The number of hydrogen-bond acceptors (Lipinski definition) is 4. The first-order chi connectivity index (χ1) is 9.74. The number of carbonyl (C=O) groups is 1. The van der Waals surface area contributed by atoms with Gasteiger partial charge in [0.05, 0.1) is 6.54 Å². The molecule has 5 nitrogen and oxygen atoms in total. The van der Waals surface area contributed by atoms with E-state index >= 15 is 0 Å². The number of nitrogens with one attached hydrogen (secondary N) is 2. The number of amides is 2. The van der Waals surface area contributed by atoms with Crippen LogP contribution in [0.3, 0.4) is 0 Å². The van der Waals surface area contributed by atoms with Crippen LogP contribution in [-0.4, -0.2) is 19.1 Å². The van der Waals surface area contributed by atoms with E-state index in [2.05, 4.69) is 10.6 Å². The molecule has 1 aromatic heterocycles. The van der Waals surface area contributed by atoms with Gasteiger partial charge >= 0.3 is 6.03 Å². The maximum atomic E-state index is 11.7. The van der Waals surface area contributed by atoms with Gasteiger partial charge in [0.1, 0.15) is 0 Å². The predicted octanol–water partition coefficient (Wildman–Crippen LogP) is 2.47. The molecule has 1 saturated heterocycles. The van der Waals surface area contributed by atoms with Gasteiger partial charge in [-0.3, -0.25) is 4.90 Å². The third-order valence-corrected chi connectivity index (χ3v) is 4.18. The number of hydrogen-bond donors (Lipinski definition) is 3. The van der Waals surface area contributed by atoms with E-state index in [1.54, 1.807) is 16.2 Å². The number of anilines is 3. The molecule has 0 radical (unpaired) electrons. The molecule has 20 heavy (non-hydrogen) atoms. The highest BCUT2D eigenvalue weighted by atomic mass is 32.1. The van der Waals surface area contributed by atoms with Gasteiger partial charge in [-0.1, -0.05) is 6.07 Å². The molecule has 0 aliphatic carbocycles. The van der Waals surface area contributed by atoms with Crippen LogP contribution < -0.4 is 21.3 Å². The van der Waals surface area contributed by atoms with E-state index in [1.165, 1.54) is 0 Å². The molecule has 2 amide bonds. The maximum Gasteiger partial charge on any atom is 0.321 e. The lowest BCUT2D eigenvalue weighted by Crippen LogP contribution is -2.27. The lowest BCUT2D eigenvalue weighted by Gasteiger charge is -2.15. The van der Waals surface area contributed by atoms with E-state index in [-0.39, 0.29) is 6.03 Å². The Hall–Kier alpha value is -2.21. The van der Waals surface area contributed by atoms with Gasteiger partial charge in [0, 0.05) is 35.0 Å². The van der Waals surface area contributed by atoms with Gasteiger partial charge in [-0.2, -0.15) is 0 Å². The largest absolute Gasteiger partial charge is 0.398 e. The predicted molar refractivity (Wildman–Crippen MR) is 83.2 cm³/mol. The first-order valence-electron chi connectivity index (χ1n) is 6.45. The Labute approximate surface area is 121 Å². The van der Waals surface area contributed by atoms with E-state index in [0.29, 0.717) is 19.6 Å². The van der Waals surface area contributed by atoms with Crippen LogP contribution in [0.1, 0.15) is 4.88 Å². The van der Waals surface area contributed by atoms with Gasteiger partial charge in [-0.15, -0.1) is 11.3 Å². The minimum atomic E-state index is -0.0374. The van der Waals surface area contributed by atoms with Crippen LogP contribution in [0.25, 0.3) is 0 Å². The quantitative estimate of drug-likeness (QED) is 0.809. The smallest absolute Gasteiger partial charge is 0.321 e. The monoisotopic (exact) mass is 288 g/mol. The number of urea groups is 1. The summed E-state index contributed by atoms with van der Waals surface area (Å²) < 4.78 is 0. The van der Waals surface area contributed by atoms with Crippen molar-refractivity contribution in [2.45, 2.75) is 6.54 Å². The van der Waals surface area contributed by atoms with Gasteiger partial charge in [0.15, 0.2) is 0 Å². The van der Waals surface area contributed by atoms with Crippen molar-refractivity contribution in [2.75, 3.05) is 29.0 Å². The van der Waals surface area contributed by atoms with E-state index in [1.807, 2.05) is 35.7 Å². The van der Waals surface area contributed by atoms with Gasteiger partial charge in [0.2, 0.25) is 0 Å². The molecular formula is C14H16N4OS. The van der Waals surface area contributed by atoms with Gasteiger partial charge < -0.3 is 16.4 Å². The molecule has 3 rings (SSSR count). The van der Waals surface area contributed by atoms with Crippen molar-refractivity contribution in [3.63, 3.8) is 0 Å². The zero-order valence-corrected chi connectivity index (χ0v) is 11.7. The summed E-state index contributed by atoms with van der Waals surface area (Å²) in [6.45, 7) is 2.10. The fourth-order valence-electron chi connectivity index (χ4n) is 2.18. The number of nitrogen functional groups attached to an aromatic ring is 1. The Bertz CT molecular complexity index is 625. The van der Waals surface area contributed by atoms with Crippen molar-refractivity contribution in [1.82, 2.24) is 5.32 Å². The second-order valence-corrected chi connectivity index (χ2v) is 5.59. The molecule has 1 aliphatic heterocycles. The fraction of sp³-hybridized carbons (Fsp3) is 0.214. The Morgan fingerprint density at radius 1 is 1.40 bits per heavy atom. The van der Waals surface area contributed by atoms with Crippen LogP contribution in [0, 0.1) is 0 Å². The van der Waals surface area contributed by atoms with Crippen LogP contribution in [0.5, 0.6) is 0 Å². The molecule has 4 N–H and O–H groups in total. The lowest BCUT2D eigenvalue weighted by molar-refractivity contribution is 0.252. The summed E-state index contributed by atoms with van der Waals surface area (Å²) in [5.41, 5.74) is 8.57. The first kappa shape index (κ1) is 12.8. The second-order valence-electron chi connectivity index (χ2n) is 4.59. The molecule has 2 heterocycles. The summed E-state index contributed by atoms with van der Waals surface area (Å²) in [6, 6.07) is 9.73. The SMILES string of the molecule is Nc1ccsc1CNc1cccc(N2CCNC2=O)c1. The van der Waals surface area contributed by atoms with Crippen molar-refractivity contribution < 1.29 is 4.79 Å². The third-order valence-electron chi connectivity index (χ3n) is 3.25. The molecule has 6 heteroatoms. The summed E-state index contributed by atoms with van der Waals surface area (Å²) in [4.78, 5) is 14.5. The highest BCUT2D eigenvalue weighted by molar-refractivity contribution is 7.10. The third kappa shape index (κ3) is 2.55. The molecular weight excluding hydrogens is 272 g/mol. The number of thiophene rings is 1. The van der Waals surface area contributed by atoms with Gasteiger partial charge in [0.25, 0.3) is 0 Å². The standard InChI is InChI=1S/C14H16N4OS/c15-12-4-7-20-13(12)9-17-10-2-1-3-11(8-10)18-6-5-16-14(18)19/h1-4,7-8,17H,5-6,9,15H2,(H,16,19). The Balaban J connectivity index is 1.71. The Morgan fingerprint density at radius 3 is 3.00 bits per heavy atom. The van der Waals surface area contributed by atoms with Crippen LogP contribution in [-0.2, 0) is 6.54 Å². The van der Waals surface area contributed by atoms with Crippen molar-refractivity contribution in [3.05, 3.63) is 40.6 Å². The zero-order chi connectivity index (χ0) is 13.9. The molecule has 0 bridgehead atoms. The maximum absolute atomic E-state index is 11.7. The molecule has 0 spiro atoms. The molecule has 0 atom stereocenters. The molecule has 1 fully saturated rings. The molecule has 0 saturated carbocycles. The summed E-state index contributed by atoms with van der Waals surface area (Å²) in [5, 5.41) is 8.12. The van der Waals surface area contributed by atoms with E-state index in [0.717, 1.165) is 21.9 Å². The zero-order valence-electron chi connectivity index (χ0n) is 10.9. The van der Waals surface area contributed by atoms with Gasteiger partial charge in [-0.05, 0) is 29.6 Å². The number of nitrogens with two attached hydrogens (primary N) is 1. The lowest BCUT2D eigenvalue weighted by atomic mass is 10.2. The topological polar surface area (TPSA) is 70.4 Å². The van der Waals surface area contributed by atoms with E-state index < -0.39 is 0 Å². The van der Waals surface area contributed by atoms with Crippen molar-refractivity contribution >= 4 is 34.4 Å². The summed E-state index contributed by atoms with van der Waals surface area (Å²) >= 11 is 1.64. The summed E-state index contributed by atoms with van der Waals surface area (Å²) in [5.74, 6) is 0. The van der Waals surface area contributed by atoms with Gasteiger partial charge in [-0.25, -0.2) is 4.79 Å². The van der Waals surface area contributed by atoms with E-state index in [9.17, 15) is 4.79 Å². The Morgan fingerprint density at radius 2 is 2.30 bits per heavy atom. The number of rotatable bonds is 4. The Kier molecular flexibility index (Phi) is 3.47. The average molecular weight is 288 g/mol. The summed E-state index contributed by atoms with van der Waals surface area (Å²) in [7, 11) is 0. The molecule has 1 aromatic carbocycles. The highest BCUT2D eigenvalue weighted by Crippen LogP contribution is 2.23. The van der Waals surface area contributed by atoms with Crippen LogP contribution >= 0.6 is 11.3 Å². The van der Waals surface area contributed by atoms with E-state index in [4.69, 9.17) is 5.73 Å². The van der Waals surface area contributed by atoms with Crippen LogP contribution in [0.4, 0.5) is 21.9 Å². The van der Waals surface area contributed by atoms with Crippen LogP contribution in [0.15, 0.2) is 35.7 Å². The first-order valence-corrected chi connectivity index (χ1v) is 7.33. The van der Waals surface area contributed by atoms with Crippen molar-refractivity contribution in [2.24, 2.45) is 0 Å². The minimum Gasteiger partial charge on any atom is -0.398 e. The number of benzene rings is 1. The fourth-order valence-corrected chi connectivity index (χ4v) is 2.92. The normalized spacial score (nSPS) is 14.4. The highest BCUT2D eigenvalue weighted by Gasteiger charge is 2.20. The number of carbonyl (C=O) groups excluding carboxylic acids is 1. The molecule has 1 aliphatic rings. The molecule has 2 aromatic rings. The number of nitrogens with zero attached hydrogens (tertiary/aromatic N) is 1. The van der Waals surface area contributed by atoms with Crippen molar-refractivity contribution in [1.29, 1.82) is 0 Å².